The molecule has 1 saturated heterocycles. The lowest BCUT2D eigenvalue weighted by Gasteiger charge is -2.22. The van der Waals surface area contributed by atoms with E-state index in [-0.39, 0.29) is 11.8 Å². The molecular weight excluding hydrogens is 260 g/mol. The first kappa shape index (κ1) is 14.4. The summed E-state index contributed by atoms with van der Waals surface area (Å²) in [7, 11) is 0. The number of quaternary nitrogens is 1. The lowest BCUT2D eigenvalue weighted by atomic mass is 10.1. The zero-order valence-electron chi connectivity index (χ0n) is 11.7. The Morgan fingerprint density at radius 2 is 2.05 bits per heavy atom. The smallest absolute Gasteiger partial charge is 0.228 e. The van der Waals surface area contributed by atoms with E-state index in [9.17, 15) is 4.79 Å². The number of piperidine rings is 1. The Hall–Kier alpha value is -1.01. The molecule has 0 aromatic carbocycles. The fourth-order valence-electron chi connectivity index (χ4n) is 2.24. The van der Waals surface area contributed by atoms with Crippen LogP contribution in [0.25, 0.3) is 0 Å². The summed E-state index contributed by atoms with van der Waals surface area (Å²) < 4.78 is 0. The van der Waals surface area contributed by atoms with Crippen LogP contribution in [0.5, 0.6) is 0 Å². The van der Waals surface area contributed by atoms with Crippen molar-refractivity contribution in [3.05, 3.63) is 5.01 Å². The first-order chi connectivity index (χ1) is 9.15. The first-order valence-corrected chi connectivity index (χ1v) is 7.93. The van der Waals surface area contributed by atoms with Gasteiger partial charge in [-0.15, -0.1) is 10.2 Å². The molecule has 1 aliphatic heterocycles. The molecule has 0 saturated carbocycles. The molecule has 2 heterocycles. The molecule has 2 N–H and O–H groups in total. The number of likely N-dealkylation sites (tertiary alicyclic amines) is 1. The lowest BCUT2D eigenvalue weighted by molar-refractivity contribution is -0.904. The van der Waals surface area contributed by atoms with Crippen LogP contribution < -0.4 is 10.2 Å². The summed E-state index contributed by atoms with van der Waals surface area (Å²) in [6.45, 7) is 7.45. The predicted octanol–water partition coefficient (Wildman–Crippen LogP) is 0.744. The Balaban J connectivity index is 1.78. The van der Waals surface area contributed by atoms with Gasteiger partial charge in [-0.1, -0.05) is 25.2 Å². The number of rotatable bonds is 5. The number of anilines is 1. The van der Waals surface area contributed by atoms with Crippen LogP contribution in [0, 0.1) is 5.92 Å². The number of carbonyl (C=O) groups excluding carboxylic acids is 1. The highest BCUT2D eigenvalue weighted by molar-refractivity contribution is 7.15. The minimum Gasteiger partial charge on any atom is -0.335 e. The van der Waals surface area contributed by atoms with Gasteiger partial charge in [-0.3, -0.25) is 4.79 Å². The van der Waals surface area contributed by atoms with Crippen LogP contribution in [0.1, 0.15) is 38.1 Å². The van der Waals surface area contributed by atoms with E-state index in [1.165, 1.54) is 43.7 Å². The second-order valence-electron chi connectivity index (χ2n) is 5.46. The van der Waals surface area contributed by atoms with Gasteiger partial charge in [0, 0.05) is 5.92 Å². The molecule has 1 fully saturated rings. The van der Waals surface area contributed by atoms with Gasteiger partial charge < -0.3 is 10.2 Å². The summed E-state index contributed by atoms with van der Waals surface area (Å²) in [5.41, 5.74) is 0. The zero-order chi connectivity index (χ0) is 13.7. The molecule has 1 aromatic rings. The highest BCUT2D eigenvalue weighted by atomic mass is 32.1. The van der Waals surface area contributed by atoms with Crippen molar-refractivity contribution in [2.24, 2.45) is 5.92 Å². The third kappa shape index (κ3) is 4.54. The number of hydrogen-bond donors (Lipinski definition) is 2. The fourth-order valence-corrected chi connectivity index (χ4v) is 2.98. The van der Waals surface area contributed by atoms with Crippen LogP contribution >= 0.6 is 11.3 Å². The van der Waals surface area contributed by atoms with Crippen molar-refractivity contribution >= 4 is 22.4 Å². The largest absolute Gasteiger partial charge is 0.335 e. The third-order valence-corrected chi connectivity index (χ3v) is 4.37. The second kappa shape index (κ2) is 6.96. The van der Waals surface area contributed by atoms with Crippen LogP contribution in [0.2, 0.25) is 0 Å². The first-order valence-electron chi connectivity index (χ1n) is 7.12. The molecule has 19 heavy (non-hydrogen) atoms. The van der Waals surface area contributed by atoms with Crippen molar-refractivity contribution in [2.75, 3.05) is 25.0 Å². The molecule has 1 aliphatic rings. The SMILES string of the molecule is CC(C)C(=O)Nc1nnc(CC[NH+]2CCCCC2)s1. The van der Waals surface area contributed by atoms with Crippen LogP contribution in [0.15, 0.2) is 0 Å². The van der Waals surface area contributed by atoms with Gasteiger partial charge in [0.15, 0.2) is 0 Å². The molecule has 106 valence electrons. The Kier molecular flexibility index (Phi) is 5.27. The summed E-state index contributed by atoms with van der Waals surface area (Å²) in [6, 6.07) is 0. The Bertz CT molecular complexity index is 413. The number of hydrogen-bond acceptors (Lipinski definition) is 4. The van der Waals surface area contributed by atoms with Gasteiger partial charge in [0.2, 0.25) is 11.0 Å². The minimum atomic E-state index is -0.0230. The highest BCUT2D eigenvalue weighted by Crippen LogP contribution is 2.16. The molecule has 5 nitrogen and oxygen atoms in total. The molecular formula is C13H23N4OS+. The topological polar surface area (TPSA) is 59.3 Å². The van der Waals surface area contributed by atoms with Gasteiger partial charge in [0.1, 0.15) is 5.01 Å². The molecule has 2 rings (SSSR count). The maximum atomic E-state index is 11.6. The number of nitrogens with zero attached hydrogens (tertiary/aromatic N) is 2. The van der Waals surface area contributed by atoms with Crippen LogP contribution in [-0.2, 0) is 11.2 Å². The molecule has 1 aromatic heterocycles. The van der Waals surface area contributed by atoms with Crippen molar-refractivity contribution in [2.45, 2.75) is 39.5 Å². The maximum absolute atomic E-state index is 11.6. The number of aromatic nitrogens is 2. The highest BCUT2D eigenvalue weighted by Gasteiger charge is 2.15. The monoisotopic (exact) mass is 283 g/mol. The van der Waals surface area contributed by atoms with E-state index >= 15 is 0 Å². The average molecular weight is 283 g/mol. The zero-order valence-corrected chi connectivity index (χ0v) is 12.6. The Morgan fingerprint density at radius 3 is 2.74 bits per heavy atom. The van der Waals surface area contributed by atoms with Gasteiger partial charge >= 0.3 is 0 Å². The molecule has 6 heteroatoms. The van der Waals surface area contributed by atoms with Gasteiger partial charge in [-0.2, -0.15) is 0 Å². The number of nitrogens with one attached hydrogen (secondary N) is 2. The van der Waals surface area contributed by atoms with Crippen molar-refractivity contribution < 1.29 is 9.69 Å². The molecule has 0 radical (unpaired) electrons. The standard InChI is InChI=1S/C13H22N4OS/c1-10(2)12(18)14-13-16-15-11(19-13)6-9-17-7-4-3-5-8-17/h10H,3-9H2,1-2H3,(H,14,16,18)/p+1. The second-order valence-corrected chi connectivity index (χ2v) is 6.52. The van der Waals surface area contributed by atoms with Crippen LogP contribution in [0.3, 0.4) is 0 Å². The van der Waals surface area contributed by atoms with Crippen molar-refractivity contribution in [1.29, 1.82) is 0 Å². The maximum Gasteiger partial charge on any atom is 0.228 e. The van der Waals surface area contributed by atoms with Crippen LogP contribution in [0.4, 0.5) is 5.13 Å². The lowest BCUT2D eigenvalue weighted by Crippen LogP contribution is -3.13. The number of amides is 1. The molecule has 0 unspecified atom stereocenters. The van der Waals surface area contributed by atoms with Crippen LogP contribution in [-0.4, -0.2) is 35.7 Å². The Morgan fingerprint density at radius 1 is 1.32 bits per heavy atom. The van der Waals surface area contributed by atoms with E-state index < -0.39 is 0 Å². The van der Waals surface area contributed by atoms with E-state index in [4.69, 9.17) is 0 Å². The molecule has 0 spiro atoms. The van der Waals surface area contributed by atoms with E-state index in [0.29, 0.717) is 5.13 Å². The van der Waals surface area contributed by atoms with E-state index in [1.807, 2.05) is 13.8 Å². The summed E-state index contributed by atoms with van der Waals surface area (Å²) in [6.07, 6.45) is 5.04. The quantitative estimate of drug-likeness (QED) is 0.838. The Labute approximate surface area is 118 Å². The van der Waals surface area contributed by atoms with Gasteiger partial charge in [0.05, 0.1) is 26.1 Å². The molecule has 0 aliphatic carbocycles. The van der Waals surface area contributed by atoms with E-state index in [2.05, 4.69) is 15.5 Å². The van der Waals surface area contributed by atoms with Gasteiger partial charge in [-0.25, -0.2) is 0 Å². The van der Waals surface area contributed by atoms with Gasteiger partial charge in [-0.05, 0) is 19.3 Å². The van der Waals surface area contributed by atoms with Crippen molar-refractivity contribution in [1.82, 2.24) is 10.2 Å². The molecule has 0 atom stereocenters. The molecule has 0 bridgehead atoms. The van der Waals surface area contributed by atoms with Gasteiger partial charge in [0.25, 0.3) is 0 Å². The average Bonchev–Trinajstić information content (AvgIpc) is 2.85. The summed E-state index contributed by atoms with van der Waals surface area (Å²) in [4.78, 5) is 13.2. The summed E-state index contributed by atoms with van der Waals surface area (Å²) in [5, 5.41) is 12.6. The molecule has 1 amide bonds. The summed E-state index contributed by atoms with van der Waals surface area (Å²) in [5.74, 6) is -0.0190. The minimum absolute atomic E-state index is 0.00403. The number of carbonyl (C=O) groups is 1. The predicted molar refractivity (Wildman–Crippen MR) is 76.5 cm³/mol. The van der Waals surface area contributed by atoms with Crippen molar-refractivity contribution in [3.8, 4) is 0 Å². The van der Waals surface area contributed by atoms with E-state index in [1.54, 1.807) is 4.90 Å². The van der Waals surface area contributed by atoms with Crippen molar-refractivity contribution in [3.63, 3.8) is 0 Å². The normalized spacial score (nSPS) is 16.8. The fraction of sp³-hybridized carbons (Fsp3) is 0.769. The third-order valence-electron chi connectivity index (χ3n) is 3.47. The van der Waals surface area contributed by atoms with E-state index in [0.717, 1.165) is 18.0 Å². The summed E-state index contributed by atoms with van der Waals surface area (Å²) >= 11 is 1.50.